The third-order valence-corrected chi connectivity index (χ3v) is 1.99. The Bertz CT molecular complexity index is 421. The van der Waals surface area contributed by atoms with Crippen molar-refractivity contribution in [3.8, 4) is 0 Å². The molecule has 0 fully saturated rings. The molecule has 0 aromatic rings. The summed E-state index contributed by atoms with van der Waals surface area (Å²) < 4.78 is 0. The summed E-state index contributed by atoms with van der Waals surface area (Å²) in [5, 5.41) is 0. The quantitative estimate of drug-likeness (QED) is 0.610. The third-order valence-electron chi connectivity index (χ3n) is 1.99. The van der Waals surface area contributed by atoms with Crippen LogP contribution in [0.3, 0.4) is 0 Å². The Kier molecular flexibility index (Phi) is 9.00. The fraction of sp³-hybridized carbons (Fsp3) is 0.267. The van der Waals surface area contributed by atoms with E-state index >= 15 is 0 Å². The summed E-state index contributed by atoms with van der Waals surface area (Å²) in [5.41, 5.74) is 2.19. The molecule has 0 amide bonds. The zero-order valence-electron chi connectivity index (χ0n) is 11.4. The standard InChI is InChI=1S/C15H21N3/c1-6-9-11-16-12-15(8-3)18-14(5)13(4)17-10-7-2/h6-11H,3,5,12H2,1-2,4H3/b9-6-,10-7-,16-11?,17-13?,18-15?. The monoisotopic (exact) mass is 243 g/mol. The van der Waals surface area contributed by atoms with Crippen molar-refractivity contribution in [3.05, 3.63) is 49.4 Å². The summed E-state index contributed by atoms with van der Waals surface area (Å²) in [6, 6.07) is 0. The van der Waals surface area contributed by atoms with Gasteiger partial charge in [0.15, 0.2) is 0 Å². The van der Waals surface area contributed by atoms with E-state index in [2.05, 4.69) is 28.1 Å². The molecule has 0 saturated carbocycles. The van der Waals surface area contributed by atoms with Gasteiger partial charge in [0.25, 0.3) is 0 Å². The van der Waals surface area contributed by atoms with Crippen LogP contribution < -0.4 is 0 Å². The average Bonchev–Trinajstić information content (AvgIpc) is 2.39. The molecule has 0 unspecified atom stereocenters. The Morgan fingerprint density at radius 3 is 2.50 bits per heavy atom. The topological polar surface area (TPSA) is 37.1 Å². The van der Waals surface area contributed by atoms with E-state index in [1.807, 2.05) is 39.0 Å². The van der Waals surface area contributed by atoms with Crippen molar-refractivity contribution in [2.24, 2.45) is 15.0 Å². The molecule has 0 radical (unpaired) electrons. The molecule has 0 aromatic carbocycles. The number of hydrogen-bond donors (Lipinski definition) is 0. The van der Waals surface area contributed by atoms with E-state index in [9.17, 15) is 0 Å². The van der Waals surface area contributed by atoms with Crippen molar-refractivity contribution >= 4 is 17.6 Å². The Morgan fingerprint density at radius 2 is 1.94 bits per heavy atom. The van der Waals surface area contributed by atoms with Gasteiger partial charge in [0.05, 0.1) is 23.7 Å². The van der Waals surface area contributed by atoms with E-state index in [0.717, 1.165) is 11.4 Å². The molecule has 96 valence electrons. The molecule has 18 heavy (non-hydrogen) atoms. The summed E-state index contributed by atoms with van der Waals surface area (Å²) in [6.45, 7) is 13.8. The van der Waals surface area contributed by atoms with Crippen LogP contribution in [-0.4, -0.2) is 24.2 Å². The minimum Gasteiger partial charge on any atom is -0.287 e. The molecular formula is C15H21N3. The summed E-state index contributed by atoms with van der Waals surface area (Å²) in [7, 11) is 0. The fourth-order valence-corrected chi connectivity index (χ4v) is 0.954. The summed E-state index contributed by atoms with van der Waals surface area (Å²) in [6.07, 6.45) is 10.8. The average molecular weight is 243 g/mol. The maximum absolute atomic E-state index is 4.35. The van der Waals surface area contributed by atoms with Gasteiger partial charge in [0.1, 0.15) is 0 Å². The first-order chi connectivity index (χ1) is 8.65. The van der Waals surface area contributed by atoms with E-state index in [4.69, 9.17) is 0 Å². The van der Waals surface area contributed by atoms with E-state index in [1.165, 1.54) is 0 Å². The van der Waals surface area contributed by atoms with Crippen molar-refractivity contribution in [1.82, 2.24) is 0 Å². The van der Waals surface area contributed by atoms with Crippen LogP contribution in [0.5, 0.6) is 0 Å². The summed E-state index contributed by atoms with van der Waals surface area (Å²) >= 11 is 0. The lowest BCUT2D eigenvalue weighted by molar-refractivity contribution is 1.29. The van der Waals surface area contributed by atoms with Crippen LogP contribution in [0.1, 0.15) is 20.8 Å². The molecule has 0 aromatic heterocycles. The molecule has 0 saturated heterocycles. The van der Waals surface area contributed by atoms with Crippen LogP contribution in [0.15, 0.2) is 64.3 Å². The van der Waals surface area contributed by atoms with Crippen molar-refractivity contribution in [3.63, 3.8) is 0 Å². The lowest BCUT2D eigenvalue weighted by atomic mass is 10.3. The van der Waals surface area contributed by atoms with Gasteiger partial charge >= 0.3 is 0 Å². The maximum atomic E-state index is 4.35. The first-order valence-corrected chi connectivity index (χ1v) is 5.81. The first-order valence-electron chi connectivity index (χ1n) is 5.81. The highest BCUT2D eigenvalue weighted by molar-refractivity contribution is 6.04. The molecule has 3 heteroatoms. The van der Waals surface area contributed by atoms with Crippen molar-refractivity contribution < 1.29 is 0 Å². The zero-order valence-corrected chi connectivity index (χ0v) is 11.4. The second-order valence-corrected chi connectivity index (χ2v) is 3.47. The Balaban J connectivity index is 4.69. The van der Waals surface area contributed by atoms with E-state index in [-0.39, 0.29) is 0 Å². The minimum atomic E-state index is 0.490. The van der Waals surface area contributed by atoms with Gasteiger partial charge < -0.3 is 0 Å². The molecule has 0 aliphatic heterocycles. The summed E-state index contributed by atoms with van der Waals surface area (Å²) in [4.78, 5) is 12.7. The van der Waals surface area contributed by atoms with Gasteiger partial charge in [-0.3, -0.25) is 15.0 Å². The predicted octanol–water partition coefficient (Wildman–Crippen LogP) is 3.77. The third kappa shape index (κ3) is 7.28. The lowest BCUT2D eigenvalue weighted by Gasteiger charge is -2.00. The van der Waals surface area contributed by atoms with Gasteiger partial charge in [-0.2, -0.15) is 0 Å². The van der Waals surface area contributed by atoms with Gasteiger partial charge in [0, 0.05) is 12.4 Å². The van der Waals surface area contributed by atoms with Gasteiger partial charge in [-0.25, -0.2) is 0 Å². The molecule has 0 aliphatic rings. The molecule has 0 bridgehead atoms. The highest BCUT2D eigenvalue weighted by atomic mass is 14.8. The highest BCUT2D eigenvalue weighted by Gasteiger charge is 1.97. The molecular weight excluding hydrogens is 222 g/mol. The first kappa shape index (κ1) is 16.0. The second-order valence-electron chi connectivity index (χ2n) is 3.47. The molecule has 0 N–H and O–H groups in total. The molecule has 0 heterocycles. The smallest absolute Gasteiger partial charge is 0.0811 e. The Morgan fingerprint density at radius 1 is 1.22 bits per heavy atom. The van der Waals surface area contributed by atoms with E-state index in [1.54, 1.807) is 18.5 Å². The number of aliphatic imine (C=N–C) groups is 3. The second kappa shape index (κ2) is 10.1. The largest absolute Gasteiger partial charge is 0.287 e. The number of nitrogens with zero attached hydrogens (tertiary/aromatic N) is 3. The number of hydrogen-bond acceptors (Lipinski definition) is 3. The predicted molar refractivity (Wildman–Crippen MR) is 82.9 cm³/mol. The Labute approximate surface area is 110 Å². The molecule has 0 spiro atoms. The zero-order chi connectivity index (χ0) is 13.8. The lowest BCUT2D eigenvalue weighted by Crippen LogP contribution is -2.02. The fourth-order valence-electron chi connectivity index (χ4n) is 0.954. The molecule has 0 rings (SSSR count). The van der Waals surface area contributed by atoms with Crippen LogP contribution in [0, 0.1) is 0 Å². The highest BCUT2D eigenvalue weighted by Crippen LogP contribution is 2.00. The van der Waals surface area contributed by atoms with Gasteiger partial charge in [-0.05, 0) is 32.9 Å². The maximum Gasteiger partial charge on any atom is 0.0811 e. The van der Waals surface area contributed by atoms with Crippen LogP contribution in [0.2, 0.25) is 0 Å². The van der Waals surface area contributed by atoms with E-state index < -0.39 is 0 Å². The Hall–Kier alpha value is -2.03. The van der Waals surface area contributed by atoms with Crippen LogP contribution in [0.4, 0.5) is 0 Å². The molecule has 3 nitrogen and oxygen atoms in total. The SMILES string of the molecule is C=CC(CN=C/C=C\C)=NC(=C)C(C)=N/C=C\C. The van der Waals surface area contributed by atoms with Gasteiger partial charge in [-0.1, -0.05) is 25.3 Å². The molecule has 0 atom stereocenters. The normalized spacial score (nSPS) is 13.9. The number of rotatable bonds is 7. The minimum absolute atomic E-state index is 0.490. The van der Waals surface area contributed by atoms with Crippen LogP contribution >= 0.6 is 0 Å². The van der Waals surface area contributed by atoms with Gasteiger partial charge in [0.2, 0.25) is 0 Å². The van der Waals surface area contributed by atoms with Crippen LogP contribution in [0.25, 0.3) is 0 Å². The molecule has 0 aliphatic carbocycles. The van der Waals surface area contributed by atoms with E-state index in [0.29, 0.717) is 12.2 Å². The van der Waals surface area contributed by atoms with Crippen molar-refractivity contribution in [2.75, 3.05) is 6.54 Å². The number of allylic oxidation sites excluding steroid dienone is 4. The van der Waals surface area contributed by atoms with Gasteiger partial charge in [-0.15, -0.1) is 0 Å². The van der Waals surface area contributed by atoms with Crippen LogP contribution in [-0.2, 0) is 0 Å². The van der Waals surface area contributed by atoms with Crippen molar-refractivity contribution in [1.29, 1.82) is 0 Å². The van der Waals surface area contributed by atoms with Crippen molar-refractivity contribution in [2.45, 2.75) is 20.8 Å². The summed E-state index contributed by atoms with van der Waals surface area (Å²) in [5.74, 6) is 0.